The van der Waals surface area contributed by atoms with Crippen LogP contribution in [0.5, 0.6) is 0 Å². The summed E-state index contributed by atoms with van der Waals surface area (Å²) in [5.41, 5.74) is 6.31. The lowest BCUT2D eigenvalue weighted by Crippen LogP contribution is -2.53. The van der Waals surface area contributed by atoms with Crippen LogP contribution in [0.4, 0.5) is 0 Å². The van der Waals surface area contributed by atoms with Crippen molar-refractivity contribution in [2.75, 3.05) is 6.54 Å². The number of para-hydroxylation sites is 1. The summed E-state index contributed by atoms with van der Waals surface area (Å²) in [5.74, 6) is -1.29. The molecule has 8 nitrogen and oxygen atoms in total. The standard InChI is InChI=1S/C33H32N4O4/c1-21-26-12-6-5-11-23(26)16-28(21)32(40)35-19-31(39)37-30(17-24-18-34-29-14-8-7-13-27(24)29)33(41)36-25(20-38)15-22-9-3-2-4-10-22/h2-14,18,20,25,30,34H,15-17,19H2,1H3,(H,35,40)(H,36,41)(H,37,39)/t25-,30-/m0/s1. The fraction of sp³-hybridized carbons (Fsp3) is 0.212. The molecular weight excluding hydrogens is 516 g/mol. The van der Waals surface area contributed by atoms with Crippen LogP contribution in [0.25, 0.3) is 16.5 Å². The van der Waals surface area contributed by atoms with E-state index in [2.05, 4.69) is 20.9 Å². The highest BCUT2D eigenvalue weighted by molar-refractivity contribution is 6.05. The van der Waals surface area contributed by atoms with E-state index in [0.717, 1.165) is 38.7 Å². The summed E-state index contributed by atoms with van der Waals surface area (Å²) in [6, 6.07) is 23.2. The number of fused-ring (bicyclic) bond motifs is 2. The molecule has 0 spiro atoms. The molecule has 0 fully saturated rings. The van der Waals surface area contributed by atoms with Crippen LogP contribution in [-0.4, -0.2) is 47.6 Å². The van der Waals surface area contributed by atoms with Gasteiger partial charge in [-0.25, -0.2) is 0 Å². The van der Waals surface area contributed by atoms with Gasteiger partial charge >= 0.3 is 0 Å². The molecule has 4 N–H and O–H groups in total. The Labute approximate surface area is 238 Å². The van der Waals surface area contributed by atoms with Crippen molar-refractivity contribution >= 4 is 40.5 Å². The van der Waals surface area contributed by atoms with Crippen LogP contribution >= 0.6 is 0 Å². The molecule has 0 unspecified atom stereocenters. The number of benzene rings is 3. The van der Waals surface area contributed by atoms with E-state index in [9.17, 15) is 19.2 Å². The number of aromatic nitrogens is 1. The third-order valence-electron chi connectivity index (χ3n) is 7.47. The predicted octanol–water partition coefficient (Wildman–Crippen LogP) is 3.27. The zero-order valence-electron chi connectivity index (χ0n) is 22.8. The average Bonchev–Trinajstić information content (AvgIpc) is 3.56. The van der Waals surface area contributed by atoms with Gasteiger partial charge in [0.15, 0.2) is 0 Å². The summed E-state index contributed by atoms with van der Waals surface area (Å²) >= 11 is 0. The van der Waals surface area contributed by atoms with Crippen molar-refractivity contribution in [2.45, 2.75) is 38.3 Å². The molecule has 1 aromatic heterocycles. The Morgan fingerprint density at radius 1 is 0.902 bits per heavy atom. The summed E-state index contributed by atoms with van der Waals surface area (Å²) in [5, 5.41) is 9.20. The van der Waals surface area contributed by atoms with E-state index in [1.54, 1.807) is 0 Å². The number of hydrogen-bond donors (Lipinski definition) is 4. The molecule has 41 heavy (non-hydrogen) atoms. The predicted molar refractivity (Wildman–Crippen MR) is 158 cm³/mol. The number of H-pyrrole nitrogens is 1. The molecule has 0 saturated heterocycles. The Morgan fingerprint density at radius 2 is 1.63 bits per heavy atom. The maximum absolute atomic E-state index is 13.4. The van der Waals surface area contributed by atoms with Crippen molar-refractivity contribution in [2.24, 2.45) is 0 Å². The van der Waals surface area contributed by atoms with E-state index in [4.69, 9.17) is 0 Å². The monoisotopic (exact) mass is 548 g/mol. The molecule has 5 rings (SSSR count). The van der Waals surface area contributed by atoms with E-state index < -0.39 is 23.9 Å². The van der Waals surface area contributed by atoms with Crippen molar-refractivity contribution in [3.8, 4) is 0 Å². The first kappa shape index (κ1) is 27.6. The van der Waals surface area contributed by atoms with Gasteiger partial charge in [0.2, 0.25) is 17.7 Å². The molecule has 8 heteroatoms. The minimum absolute atomic E-state index is 0.200. The first-order valence-corrected chi connectivity index (χ1v) is 13.6. The van der Waals surface area contributed by atoms with Crippen molar-refractivity contribution in [3.63, 3.8) is 0 Å². The number of carbonyl (C=O) groups excluding carboxylic acids is 4. The summed E-state index contributed by atoms with van der Waals surface area (Å²) in [4.78, 5) is 54.4. The van der Waals surface area contributed by atoms with Crippen LogP contribution in [0.2, 0.25) is 0 Å². The van der Waals surface area contributed by atoms with Crippen molar-refractivity contribution < 1.29 is 19.2 Å². The van der Waals surface area contributed by atoms with Crippen LogP contribution in [0.3, 0.4) is 0 Å². The van der Waals surface area contributed by atoms with Crippen molar-refractivity contribution in [1.29, 1.82) is 0 Å². The average molecular weight is 549 g/mol. The molecule has 0 saturated carbocycles. The Hall–Kier alpha value is -4.98. The van der Waals surface area contributed by atoms with Gasteiger partial charge < -0.3 is 25.7 Å². The van der Waals surface area contributed by atoms with Crippen LogP contribution in [-0.2, 0) is 38.4 Å². The van der Waals surface area contributed by atoms with Gasteiger partial charge in [-0.3, -0.25) is 14.4 Å². The zero-order valence-corrected chi connectivity index (χ0v) is 22.8. The number of hydrogen-bond acceptors (Lipinski definition) is 4. The summed E-state index contributed by atoms with van der Waals surface area (Å²) in [6.07, 6.45) is 3.55. The number of nitrogens with one attached hydrogen (secondary N) is 4. The number of allylic oxidation sites excluding steroid dienone is 1. The SMILES string of the molecule is CC1=C(C(=O)NCC(=O)N[C@@H](Cc2c[nH]c3ccccc23)C(=O)N[C@H](C=O)Cc2ccccc2)Cc2ccccc21. The highest BCUT2D eigenvalue weighted by Crippen LogP contribution is 2.32. The zero-order chi connectivity index (χ0) is 28.8. The van der Waals surface area contributed by atoms with Crippen LogP contribution in [0.1, 0.15) is 29.2 Å². The smallest absolute Gasteiger partial charge is 0.248 e. The molecule has 0 radical (unpaired) electrons. The third kappa shape index (κ3) is 6.44. The summed E-state index contributed by atoms with van der Waals surface area (Å²) in [6.45, 7) is 1.62. The van der Waals surface area contributed by atoms with Gasteiger partial charge in [-0.15, -0.1) is 0 Å². The normalized spacial score (nSPS) is 13.8. The number of aldehydes is 1. The molecule has 208 valence electrons. The Bertz CT molecular complexity index is 1620. The van der Waals surface area contributed by atoms with Gasteiger partial charge in [0.05, 0.1) is 12.6 Å². The van der Waals surface area contributed by atoms with E-state index >= 15 is 0 Å². The van der Waals surface area contributed by atoms with Gasteiger partial charge in [-0.2, -0.15) is 0 Å². The Balaban J connectivity index is 1.27. The first-order chi connectivity index (χ1) is 19.9. The number of aromatic amines is 1. The lowest BCUT2D eigenvalue weighted by atomic mass is 10.0. The molecule has 3 aromatic carbocycles. The first-order valence-electron chi connectivity index (χ1n) is 13.6. The topological polar surface area (TPSA) is 120 Å². The maximum atomic E-state index is 13.4. The minimum Gasteiger partial charge on any atom is -0.361 e. The van der Waals surface area contributed by atoms with E-state index in [1.165, 1.54) is 0 Å². The fourth-order valence-corrected chi connectivity index (χ4v) is 5.30. The van der Waals surface area contributed by atoms with Gasteiger partial charge in [-0.05, 0) is 47.2 Å². The Morgan fingerprint density at radius 3 is 2.41 bits per heavy atom. The Kier molecular flexibility index (Phi) is 8.39. The number of amides is 3. The third-order valence-corrected chi connectivity index (χ3v) is 7.47. The molecule has 1 aliphatic carbocycles. The second-order valence-corrected chi connectivity index (χ2v) is 10.2. The lowest BCUT2D eigenvalue weighted by molar-refractivity contribution is -0.130. The highest BCUT2D eigenvalue weighted by Gasteiger charge is 2.27. The molecule has 3 amide bonds. The van der Waals surface area contributed by atoms with E-state index in [1.807, 2.05) is 92.0 Å². The van der Waals surface area contributed by atoms with Gasteiger partial charge in [-0.1, -0.05) is 72.8 Å². The van der Waals surface area contributed by atoms with Gasteiger partial charge in [0.1, 0.15) is 12.3 Å². The fourth-order valence-electron chi connectivity index (χ4n) is 5.30. The van der Waals surface area contributed by atoms with E-state index in [0.29, 0.717) is 24.7 Å². The molecule has 4 aromatic rings. The second kappa shape index (κ2) is 12.5. The molecule has 1 heterocycles. The number of carbonyl (C=O) groups is 4. The molecule has 0 aliphatic heterocycles. The second-order valence-electron chi connectivity index (χ2n) is 10.2. The van der Waals surface area contributed by atoms with Crippen LogP contribution < -0.4 is 16.0 Å². The van der Waals surface area contributed by atoms with Gasteiger partial charge in [0.25, 0.3) is 0 Å². The minimum atomic E-state index is -0.964. The largest absolute Gasteiger partial charge is 0.361 e. The molecule has 2 atom stereocenters. The van der Waals surface area contributed by atoms with Crippen molar-refractivity contribution in [3.05, 3.63) is 113 Å². The maximum Gasteiger partial charge on any atom is 0.248 e. The molecular formula is C33H32N4O4. The molecule has 1 aliphatic rings. The lowest BCUT2D eigenvalue weighted by Gasteiger charge is -2.21. The van der Waals surface area contributed by atoms with E-state index in [-0.39, 0.29) is 18.9 Å². The quantitative estimate of drug-likeness (QED) is 0.215. The summed E-state index contributed by atoms with van der Waals surface area (Å²) < 4.78 is 0. The van der Waals surface area contributed by atoms with Crippen molar-refractivity contribution in [1.82, 2.24) is 20.9 Å². The highest BCUT2D eigenvalue weighted by atomic mass is 16.2. The molecule has 0 bridgehead atoms. The van der Waals surface area contributed by atoms with Crippen LogP contribution in [0, 0.1) is 0 Å². The van der Waals surface area contributed by atoms with Gasteiger partial charge in [0, 0.05) is 35.5 Å². The summed E-state index contributed by atoms with van der Waals surface area (Å²) in [7, 11) is 0. The van der Waals surface area contributed by atoms with Crippen LogP contribution in [0.15, 0.2) is 90.6 Å². The number of rotatable bonds is 11.